The van der Waals surface area contributed by atoms with Crippen molar-refractivity contribution in [2.24, 2.45) is 0 Å². The summed E-state index contributed by atoms with van der Waals surface area (Å²) < 4.78 is 40.4. The monoisotopic (exact) mass is 378 g/mol. The smallest absolute Gasteiger partial charge is 0.387 e. The number of benzene rings is 2. The molecule has 3 rings (SSSR count). The minimum absolute atomic E-state index is 0.0261. The van der Waals surface area contributed by atoms with E-state index in [0.717, 1.165) is 11.3 Å². The first kappa shape index (κ1) is 18.8. The number of ether oxygens (including phenoxy) is 3. The summed E-state index contributed by atoms with van der Waals surface area (Å²) in [5, 5.41) is 2.60. The van der Waals surface area contributed by atoms with Crippen LogP contribution in [0.3, 0.4) is 0 Å². The van der Waals surface area contributed by atoms with E-state index in [9.17, 15) is 13.6 Å². The first-order valence-corrected chi connectivity index (χ1v) is 8.35. The molecule has 0 aromatic heterocycles. The highest BCUT2D eigenvalue weighted by Crippen LogP contribution is 2.35. The molecule has 0 aliphatic carbocycles. The molecule has 1 aliphatic rings. The van der Waals surface area contributed by atoms with E-state index >= 15 is 0 Å². The Hall–Kier alpha value is -3.03. The van der Waals surface area contributed by atoms with Crippen LogP contribution in [0.4, 0.5) is 14.5 Å². The van der Waals surface area contributed by atoms with Crippen LogP contribution in [0.1, 0.15) is 5.56 Å². The van der Waals surface area contributed by atoms with Crippen LogP contribution in [0.15, 0.2) is 42.5 Å². The second kappa shape index (κ2) is 8.11. The maximum atomic E-state index is 12.5. The van der Waals surface area contributed by atoms with Gasteiger partial charge in [-0.2, -0.15) is 8.78 Å². The minimum atomic E-state index is -2.93. The summed E-state index contributed by atoms with van der Waals surface area (Å²) in [5.74, 6) is 0.591. The van der Waals surface area contributed by atoms with Gasteiger partial charge in [-0.15, -0.1) is 0 Å². The summed E-state index contributed by atoms with van der Waals surface area (Å²) >= 11 is 0. The maximum absolute atomic E-state index is 12.5. The Morgan fingerprint density at radius 3 is 2.78 bits per heavy atom. The molecule has 0 spiro atoms. The van der Waals surface area contributed by atoms with Crippen LogP contribution in [0.2, 0.25) is 0 Å². The molecule has 0 unspecified atom stereocenters. The third-order valence-electron chi connectivity index (χ3n) is 4.22. The Morgan fingerprint density at radius 2 is 2.07 bits per heavy atom. The molecule has 2 aromatic rings. The Labute approximate surface area is 155 Å². The molecule has 8 heteroatoms. The molecule has 1 aliphatic heterocycles. The van der Waals surface area contributed by atoms with Gasteiger partial charge in [-0.1, -0.05) is 18.2 Å². The number of alkyl halides is 2. The van der Waals surface area contributed by atoms with Crippen molar-refractivity contribution in [2.45, 2.75) is 19.3 Å². The molecule has 1 amide bonds. The Morgan fingerprint density at radius 1 is 1.30 bits per heavy atom. The van der Waals surface area contributed by atoms with E-state index in [2.05, 4.69) is 10.1 Å². The number of halogens is 2. The first-order chi connectivity index (χ1) is 13.0. The van der Waals surface area contributed by atoms with Crippen LogP contribution < -0.4 is 24.4 Å². The number of hydrogen-bond acceptors (Lipinski definition) is 5. The van der Waals surface area contributed by atoms with Crippen molar-refractivity contribution in [3.05, 3.63) is 48.0 Å². The zero-order valence-corrected chi connectivity index (χ0v) is 14.9. The summed E-state index contributed by atoms with van der Waals surface area (Å²) in [6, 6.07) is 12.2. The summed E-state index contributed by atoms with van der Waals surface area (Å²) in [6.07, 6.45) is -0.645. The van der Waals surface area contributed by atoms with E-state index in [4.69, 9.17) is 9.47 Å². The van der Waals surface area contributed by atoms with E-state index < -0.39 is 12.7 Å². The lowest BCUT2D eigenvalue weighted by atomic mass is 10.1. The van der Waals surface area contributed by atoms with Crippen molar-refractivity contribution < 1.29 is 27.8 Å². The fraction of sp³-hybridized carbons (Fsp3) is 0.316. The number of likely N-dealkylation sites (N-methyl/N-ethyl adjacent to an activating group) is 1. The summed E-state index contributed by atoms with van der Waals surface area (Å²) in [5.41, 5.74) is 1.67. The molecular formula is C19H20F2N2O4. The van der Waals surface area contributed by atoms with Gasteiger partial charge in [0.15, 0.2) is 17.6 Å². The summed E-state index contributed by atoms with van der Waals surface area (Å²) in [7, 11) is 2.95. The summed E-state index contributed by atoms with van der Waals surface area (Å²) in [6.45, 7) is -2.13. The molecule has 0 radical (unpaired) electrons. The van der Waals surface area contributed by atoms with Crippen molar-refractivity contribution in [3.63, 3.8) is 0 Å². The predicted molar refractivity (Wildman–Crippen MR) is 95.6 cm³/mol. The van der Waals surface area contributed by atoms with Crippen LogP contribution >= 0.6 is 0 Å². The number of rotatable bonds is 6. The highest BCUT2D eigenvalue weighted by atomic mass is 19.3. The van der Waals surface area contributed by atoms with Gasteiger partial charge in [0, 0.05) is 13.6 Å². The number of para-hydroxylation sites is 2. The highest BCUT2D eigenvalue weighted by Gasteiger charge is 2.30. The van der Waals surface area contributed by atoms with Crippen LogP contribution in [-0.2, 0) is 11.3 Å². The summed E-state index contributed by atoms with van der Waals surface area (Å²) in [4.78, 5) is 14.1. The van der Waals surface area contributed by atoms with Gasteiger partial charge in [0.2, 0.25) is 0 Å². The van der Waals surface area contributed by atoms with Crippen molar-refractivity contribution in [2.75, 3.05) is 25.6 Å². The molecule has 0 saturated carbocycles. The van der Waals surface area contributed by atoms with Crippen LogP contribution in [0.25, 0.3) is 0 Å². The number of amides is 1. The average molecular weight is 378 g/mol. The van der Waals surface area contributed by atoms with Crippen LogP contribution in [-0.4, -0.2) is 39.3 Å². The highest BCUT2D eigenvalue weighted by molar-refractivity contribution is 5.83. The van der Waals surface area contributed by atoms with Gasteiger partial charge >= 0.3 is 6.61 Å². The first-order valence-electron chi connectivity index (χ1n) is 8.35. The van der Waals surface area contributed by atoms with Crippen molar-refractivity contribution in [1.29, 1.82) is 0 Å². The SMILES string of the molecule is CNC(=O)[C@H]1CN(Cc2ccc(OC(F)F)c(OC)c2)c2ccccc2O1. The number of methoxy groups -OCH3 is 1. The molecule has 0 bridgehead atoms. The van der Waals surface area contributed by atoms with Crippen LogP contribution in [0.5, 0.6) is 17.2 Å². The van der Waals surface area contributed by atoms with Gasteiger partial charge in [0.25, 0.3) is 5.91 Å². The molecular weight excluding hydrogens is 358 g/mol. The van der Waals surface area contributed by atoms with E-state index in [-0.39, 0.29) is 17.4 Å². The van der Waals surface area contributed by atoms with E-state index in [1.54, 1.807) is 25.2 Å². The number of carbonyl (C=O) groups excluding carboxylic acids is 1. The van der Waals surface area contributed by atoms with Gasteiger partial charge < -0.3 is 24.4 Å². The molecule has 1 N–H and O–H groups in total. The third-order valence-corrected chi connectivity index (χ3v) is 4.22. The molecule has 27 heavy (non-hydrogen) atoms. The Bertz CT molecular complexity index is 816. The quantitative estimate of drug-likeness (QED) is 0.838. The fourth-order valence-corrected chi connectivity index (χ4v) is 2.98. The van der Waals surface area contributed by atoms with E-state index in [0.29, 0.717) is 18.8 Å². The van der Waals surface area contributed by atoms with Gasteiger partial charge in [-0.25, -0.2) is 0 Å². The van der Waals surface area contributed by atoms with Gasteiger partial charge in [0.05, 0.1) is 19.3 Å². The van der Waals surface area contributed by atoms with Crippen molar-refractivity contribution >= 4 is 11.6 Å². The Kier molecular flexibility index (Phi) is 5.63. The molecule has 6 nitrogen and oxygen atoms in total. The number of nitrogens with one attached hydrogen (secondary N) is 1. The molecule has 2 aromatic carbocycles. The Balaban J connectivity index is 1.86. The number of fused-ring (bicyclic) bond motifs is 1. The standard InChI is InChI=1S/C19H20F2N2O4/c1-22-18(24)17-11-23(13-5-3-4-6-14(13)26-17)10-12-7-8-15(27-19(20)21)16(9-12)25-2/h3-9,17,19H,10-11H2,1-2H3,(H,22,24)/t17-/m1/s1. The molecule has 1 heterocycles. The number of hydrogen-bond donors (Lipinski definition) is 1. The molecule has 0 fully saturated rings. The van der Waals surface area contributed by atoms with Crippen molar-refractivity contribution in [3.8, 4) is 17.2 Å². The van der Waals surface area contributed by atoms with Gasteiger partial charge in [-0.3, -0.25) is 4.79 Å². The average Bonchev–Trinajstić information content (AvgIpc) is 2.68. The minimum Gasteiger partial charge on any atom is -0.493 e. The second-order valence-corrected chi connectivity index (χ2v) is 5.93. The van der Waals surface area contributed by atoms with Crippen LogP contribution in [0, 0.1) is 0 Å². The maximum Gasteiger partial charge on any atom is 0.387 e. The lowest BCUT2D eigenvalue weighted by Crippen LogP contribution is -2.47. The van der Waals surface area contributed by atoms with Crippen molar-refractivity contribution in [1.82, 2.24) is 5.32 Å². The van der Waals surface area contributed by atoms with E-state index in [1.807, 2.05) is 23.1 Å². The topological polar surface area (TPSA) is 60.0 Å². The predicted octanol–water partition coefficient (Wildman–Crippen LogP) is 2.81. The fourth-order valence-electron chi connectivity index (χ4n) is 2.98. The normalized spacial score (nSPS) is 15.7. The number of carbonyl (C=O) groups is 1. The molecule has 1 atom stereocenters. The number of anilines is 1. The lowest BCUT2D eigenvalue weighted by molar-refractivity contribution is -0.127. The third kappa shape index (κ3) is 4.21. The largest absolute Gasteiger partial charge is 0.493 e. The molecule has 144 valence electrons. The second-order valence-electron chi connectivity index (χ2n) is 5.93. The zero-order chi connectivity index (χ0) is 19.4. The zero-order valence-electron chi connectivity index (χ0n) is 14.9. The van der Waals surface area contributed by atoms with Gasteiger partial charge in [-0.05, 0) is 29.8 Å². The molecule has 0 saturated heterocycles. The number of nitrogens with zero attached hydrogens (tertiary/aromatic N) is 1. The lowest BCUT2D eigenvalue weighted by Gasteiger charge is -2.35. The van der Waals surface area contributed by atoms with E-state index in [1.165, 1.54) is 13.2 Å². The van der Waals surface area contributed by atoms with Gasteiger partial charge in [0.1, 0.15) is 5.75 Å².